The van der Waals surface area contributed by atoms with Crippen molar-refractivity contribution in [3.63, 3.8) is 0 Å². The van der Waals surface area contributed by atoms with Crippen molar-refractivity contribution in [3.05, 3.63) is 0 Å². The summed E-state index contributed by atoms with van der Waals surface area (Å²) >= 11 is 0. The average molecular weight is 316 g/mol. The van der Waals surface area contributed by atoms with Gasteiger partial charge < -0.3 is 15.9 Å². The Balaban J connectivity index is 3.08. The minimum atomic E-state index is -0.540. The van der Waals surface area contributed by atoms with E-state index in [1.54, 1.807) is 0 Å². The molecule has 0 spiro atoms. The van der Waals surface area contributed by atoms with Crippen molar-refractivity contribution in [3.8, 4) is 0 Å². The van der Waals surface area contributed by atoms with Gasteiger partial charge in [0.05, 0.1) is 18.8 Å². The lowest BCUT2D eigenvalue weighted by Gasteiger charge is -2.15. The normalized spacial score (nSPS) is 14.2. The molecule has 0 saturated carbocycles. The maximum absolute atomic E-state index is 9.62. The standard InChI is InChI=1S/C19H41NO2/c1-2-3-4-5-6-7-8-9-10-11-12-13-14-15-16-19(22)18(20)17-21/h18-19,21-22H,2-17,20H2,1H3/t18-,19-/m0/s1. The van der Waals surface area contributed by atoms with Crippen LogP contribution in [0.5, 0.6) is 0 Å². The van der Waals surface area contributed by atoms with E-state index in [4.69, 9.17) is 10.8 Å². The SMILES string of the molecule is CCCCCCCCCCCCCCCC[C@H](O)[C@@H](N)CO. The van der Waals surface area contributed by atoms with Crippen molar-refractivity contribution in [1.29, 1.82) is 0 Å². The molecular formula is C19H41NO2. The molecule has 0 radical (unpaired) electrons. The Kier molecular flexibility index (Phi) is 17.1. The Morgan fingerprint density at radius 2 is 1.05 bits per heavy atom. The summed E-state index contributed by atoms with van der Waals surface area (Å²) in [7, 11) is 0. The summed E-state index contributed by atoms with van der Waals surface area (Å²) in [6.07, 6.45) is 19.0. The highest BCUT2D eigenvalue weighted by Gasteiger charge is 2.12. The van der Waals surface area contributed by atoms with E-state index >= 15 is 0 Å². The molecule has 0 aliphatic heterocycles. The van der Waals surface area contributed by atoms with Gasteiger partial charge in [-0.15, -0.1) is 0 Å². The molecule has 0 heterocycles. The summed E-state index contributed by atoms with van der Waals surface area (Å²) in [6, 6.07) is -0.470. The summed E-state index contributed by atoms with van der Waals surface area (Å²) in [5.74, 6) is 0. The summed E-state index contributed by atoms with van der Waals surface area (Å²) in [6.45, 7) is 2.14. The average Bonchev–Trinajstić information content (AvgIpc) is 2.54. The lowest BCUT2D eigenvalue weighted by atomic mass is 10.0. The van der Waals surface area contributed by atoms with Gasteiger partial charge in [0.15, 0.2) is 0 Å². The lowest BCUT2D eigenvalue weighted by molar-refractivity contribution is 0.0990. The lowest BCUT2D eigenvalue weighted by Crippen LogP contribution is -2.37. The molecule has 0 amide bonds. The second kappa shape index (κ2) is 17.2. The Bertz CT molecular complexity index is 212. The monoisotopic (exact) mass is 315 g/mol. The number of rotatable bonds is 17. The maximum atomic E-state index is 9.62. The van der Waals surface area contributed by atoms with Crippen molar-refractivity contribution >= 4 is 0 Å². The zero-order valence-corrected chi connectivity index (χ0v) is 14.9. The molecule has 0 unspecified atom stereocenters. The highest BCUT2D eigenvalue weighted by molar-refractivity contribution is 4.70. The van der Waals surface area contributed by atoms with Crippen LogP contribution < -0.4 is 5.73 Å². The first kappa shape index (κ1) is 21.9. The van der Waals surface area contributed by atoms with Gasteiger partial charge in [-0.1, -0.05) is 96.8 Å². The smallest absolute Gasteiger partial charge is 0.0713 e. The summed E-state index contributed by atoms with van der Waals surface area (Å²) in [4.78, 5) is 0. The topological polar surface area (TPSA) is 66.5 Å². The number of aliphatic hydroxyl groups is 2. The molecule has 4 N–H and O–H groups in total. The molecule has 22 heavy (non-hydrogen) atoms. The van der Waals surface area contributed by atoms with Gasteiger partial charge in [-0.3, -0.25) is 0 Å². The third kappa shape index (κ3) is 14.8. The van der Waals surface area contributed by atoms with Gasteiger partial charge in [0.25, 0.3) is 0 Å². The second-order valence-electron chi connectivity index (χ2n) is 6.80. The van der Waals surface area contributed by atoms with Crippen LogP contribution in [0, 0.1) is 0 Å². The van der Waals surface area contributed by atoms with Crippen molar-refractivity contribution in [2.75, 3.05) is 6.61 Å². The van der Waals surface area contributed by atoms with E-state index in [1.807, 2.05) is 0 Å². The van der Waals surface area contributed by atoms with Gasteiger partial charge in [0.1, 0.15) is 0 Å². The fourth-order valence-corrected chi connectivity index (χ4v) is 2.88. The van der Waals surface area contributed by atoms with Crippen LogP contribution in [0.2, 0.25) is 0 Å². The van der Waals surface area contributed by atoms with E-state index < -0.39 is 12.1 Å². The Hall–Kier alpha value is -0.120. The van der Waals surface area contributed by atoms with Gasteiger partial charge in [0, 0.05) is 0 Å². The molecule has 134 valence electrons. The largest absolute Gasteiger partial charge is 0.395 e. The van der Waals surface area contributed by atoms with Gasteiger partial charge in [-0.2, -0.15) is 0 Å². The molecule has 2 atom stereocenters. The minimum Gasteiger partial charge on any atom is -0.395 e. The zero-order chi connectivity index (χ0) is 16.5. The molecular weight excluding hydrogens is 274 g/mol. The van der Waals surface area contributed by atoms with Crippen molar-refractivity contribution in [1.82, 2.24) is 0 Å². The highest BCUT2D eigenvalue weighted by atomic mass is 16.3. The first-order chi connectivity index (χ1) is 10.7. The second-order valence-corrected chi connectivity index (χ2v) is 6.80. The van der Waals surface area contributed by atoms with Crippen LogP contribution >= 0.6 is 0 Å². The van der Waals surface area contributed by atoms with Crippen molar-refractivity contribution in [2.45, 2.75) is 115 Å². The fourth-order valence-electron chi connectivity index (χ4n) is 2.88. The third-order valence-corrected chi connectivity index (χ3v) is 4.56. The van der Waals surface area contributed by atoms with Gasteiger partial charge in [-0.05, 0) is 6.42 Å². The van der Waals surface area contributed by atoms with Gasteiger partial charge in [0.2, 0.25) is 0 Å². The zero-order valence-electron chi connectivity index (χ0n) is 14.9. The molecule has 0 rings (SSSR count). The van der Waals surface area contributed by atoms with Crippen LogP contribution in [-0.2, 0) is 0 Å². The van der Waals surface area contributed by atoms with E-state index in [9.17, 15) is 5.11 Å². The fraction of sp³-hybridized carbons (Fsp3) is 1.00. The first-order valence-corrected chi connectivity index (χ1v) is 9.76. The Morgan fingerprint density at radius 1 is 0.682 bits per heavy atom. The van der Waals surface area contributed by atoms with Crippen LogP contribution in [0.1, 0.15) is 103 Å². The molecule has 0 aromatic rings. The summed E-state index contributed by atoms with van der Waals surface area (Å²) in [5.41, 5.74) is 5.57. The van der Waals surface area contributed by atoms with Crippen LogP contribution in [-0.4, -0.2) is 29.0 Å². The minimum absolute atomic E-state index is 0.125. The number of aliphatic hydroxyl groups excluding tert-OH is 2. The Morgan fingerprint density at radius 3 is 1.41 bits per heavy atom. The molecule has 0 aromatic carbocycles. The molecule has 0 aromatic heterocycles. The van der Waals surface area contributed by atoms with E-state index in [0.717, 1.165) is 12.8 Å². The number of hydrogen-bond donors (Lipinski definition) is 3. The van der Waals surface area contributed by atoms with E-state index in [2.05, 4.69) is 6.92 Å². The predicted molar refractivity (Wildman–Crippen MR) is 96.0 cm³/mol. The molecule has 3 nitrogen and oxygen atoms in total. The molecule has 0 bridgehead atoms. The van der Waals surface area contributed by atoms with Crippen LogP contribution in [0.25, 0.3) is 0 Å². The number of unbranched alkanes of at least 4 members (excludes halogenated alkanes) is 13. The summed E-state index contributed by atoms with van der Waals surface area (Å²) in [5, 5.41) is 18.5. The quantitative estimate of drug-likeness (QED) is 0.345. The first-order valence-electron chi connectivity index (χ1n) is 9.76. The van der Waals surface area contributed by atoms with Crippen molar-refractivity contribution in [2.24, 2.45) is 5.73 Å². The molecule has 3 heteroatoms. The molecule has 0 aliphatic carbocycles. The van der Waals surface area contributed by atoms with Crippen molar-refractivity contribution < 1.29 is 10.2 Å². The van der Waals surface area contributed by atoms with Crippen LogP contribution in [0.15, 0.2) is 0 Å². The van der Waals surface area contributed by atoms with E-state index in [-0.39, 0.29) is 6.61 Å². The van der Waals surface area contributed by atoms with Crippen LogP contribution in [0.4, 0.5) is 0 Å². The molecule has 0 aliphatic rings. The number of hydrogen-bond acceptors (Lipinski definition) is 3. The van der Waals surface area contributed by atoms with Gasteiger partial charge in [-0.25, -0.2) is 0 Å². The molecule has 0 saturated heterocycles. The van der Waals surface area contributed by atoms with E-state index in [1.165, 1.54) is 83.5 Å². The Labute approximate surface area is 138 Å². The summed E-state index contributed by atoms with van der Waals surface area (Å²) < 4.78 is 0. The van der Waals surface area contributed by atoms with Crippen LogP contribution in [0.3, 0.4) is 0 Å². The van der Waals surface area contributed by atoms with Gasteiger partial charge >= 0.3 is 0 Å². The highest BCUT2D eigenvalue weighted by Crippen LogP contribution is 2.14. The predicted octanol–water partition coefficient (Wildman–Crippen LogP) is 4.54. The molecule has 0 fully saturated rings. The third-order valence-electron chi connectivity index (χ3n) is 4.56. The number of nitrogens with two attached hydrogens (primary N) is 1. The van der Waals surface area contributed by atoms with E-state index in [0.29, 0.717) is 0 Å². The maximum Gasteiger partial charge on any atom is 0.0713 e.